The molecule has 1 fully saturated rings. The fourth-order valence-corrected chi connectivity index (χ4v) is 4.57. The molecule has 1 saturated heterocycles. The third-order valence-electron chi connectivity index (χ3n) is 6.90. The number of nitrogens with one attached hydrogen (secondary N) is 2. The van der Waals surface area contributed by atoms with Gasteiger partial charge in [-0.15, -0.1) is 0 Å². The van der Waals surface area contributed by atoms with Crippen molar-refractivity contribution in [2.24, 2.45) is 0 Å². The molecule has 0 aliphatic carbocycles. The number of hydrogen-bond donors (Lipinski definition) is 2. The highest BCUT2D eigenvalue weighted by Gasteiger charge is 2.18. The first-order valence-electron chi connectivity index (χ1n) is 13.0. The number of carbonyl (C=O) groups excluding carboxylic acids is 2. The van der Waals surface area contributed by atoms with E-state index in [0.29, 0.717) is 12.1 Å². The minimum Gasteiger partial charge on any atom is -0.369 e. The molecular formula is C31H38N4O2. The second-order valence-corrected chi connectivity index (χ2v) is 10.7. The molecule has 1 aliphatic rings. The summed E-state index contributed by atoms with van der Waals surface area (Å²) in [5, 5.41) is 5.69. The lowest BCUT2D eigenvalue weighted by Crippen LogP contribution is -2.46. The van der Waals surface area contributed by atoms with Crippen molar-refractivity contribution in [2.75, 3.05) is 37.6 Å². The van der Waals surface area contributed by atoms with Crippen molar-refractivity contribution in [3.63, 3.8) is 0 Å². The van der Waals surface area contributed by atoms with E-state index in [4.69, 9.17) is 0 Å². The Hall–Kier alpha value is -3.64. The quantitative estimate of drug-likeness (QED) is 0.485. The van der Waals surface area contributed by atoms with Crippen molar-refractivity contribution in [2.45, 2.75) is 39.3 Å². The number of carbonyl (C=O) groups is 2. The maximum absolute atomic E-state index is 12.5. The summed E-state index contributed by atoms with van der Waals surface area (Å²) in [6, 6.07) is 26.3. The van der Waals surface area contributed by atoms with Gasteiger partial charge in [0.15, 0.2) is 0 Å². The zero-order chi connectivity index (χ0) is 26.3. The molecule has 194 valence electrons. The van der Waals surface area contributed by atoms with Crippen LogP contribution in [0.5, 0.6) is 0 Å². The molecular weight excluding hydrogens is 460 g/mol. The van der Waals surface area contributed by atoms with Gasteiger partial charge in [0.1, 0.15) is 0 Å². The summed E-state index contributed by atoms with van der Waals surface area (Å²) in [6.45, 7) is 11.7. The molecule has 3 aromatic rings. The molecule has 0 aromatic heterocycles. The highest BCUT2D eigenvalue weighted by molar-refractivity contribution is 5.96. The van der Waals surface area contributed by atoms with Crippen LogP contribution in [0.4, 0.5) is 5.69 Å². The van der Waals surface area contributed by atoms with Gasteiger partial charge in [-0.1, -0.05) is 75.4 Å². The van der Waals surface area contributed by atoms with Gasteiger partial charge in [0.2, 0.25) is 5.91 Å². The Balaban J connectivity index is 1.24. The van der Waals surface area contributed by atoms with Crippen LogP contribution < -0.4 is 15.5 Å². The number of nitrogens with zero attached hydrogens (tertiary/aromatic N) is 2. The zero-order valence-corrected chi connectivity index (χ0v) is 22.2. The summed E-state index contributed by atoms with van der Waals surface area (Å²) in [5.74, 6) is -0.448. The second kappa shape index (κ2) is 12.1. The van der Waals surface area contributed by atoms with Crippen molar-refractivity contribution >= 4 is 17.5 Å². The predicted octanol–water partition coefficient (Wildman–Crippen LogP) is 4.35. The van der Waals surface area contributed by atoms with Gasteiger partial charge in [-0.05, 0) is 46.4 Å². The molecule has 4 rings (SSSR count). The van der Waals surface area contributed by atoms with Crippen LogP contribution in [-0.4, -0.2) is 49.4 Å². The number of hydrogen-bond acceptors (Lipinski definition) is 4. The minimum absolute atomic E-state index is 0.0295. The van der Waals surface area contributed by atoms with E-state index in [-0.39, 0.29) is 23.8 Å². The molecule has 37 heavy (non-hydrogen) atoms. The Labute approximate surface area is 220 Å². The maximum atomic E-state index is 12.5. The first-order chi connectivity index (χ1) is 17.8. The molecule has 0 spiro atoms. The van der Waals surface area contributed by atoms with Crippen molar-refractivity contribution in [3.05, 3.63) is 101 Å². The summed E-state index contributed by atoms with van der Waals surface area (Å²) in [7, 11) is 0. The summed E-state index contributed by atoms with van der Waals surface area (Å²) in [6.07, 6.45) is 0. The Morgan fingerprint density at radius 2 is 1.38 bits per heavy atom. The molecule has 0 bridgehead atoms. The second-order valence-electron chi connectivity index (χ2n) is 10.7. The highest BCUT2D eigenvalue weighted by Crippen LogP contribution is 2.22. The Bertz CT molecular complexity index is 1180. The molecule has 6 heteroatoms. The van der Waals surface area contributed by atoms with Crippen molar-refractivity contribution in [1.82, 2.24) is 15.5 Å². The van der Waals surface area contributed by atoms with E-state index in [2.05, 4.69) is 83.7 Å². The van der Waals surface area contributed by atoms with Crippen LogP contribution in [0.25, 0.3) is 0 Å². The van der Waals surface area contributed by atoms with Crippen LogP contribution >= 0.6 is 0 Å². The van der Waals surface area contributed by atoms with E-state index in [0.717, 1.165) is 38.3 Å². The third-order valence-corrected chi connectivity index (χ3v) is 6.90. The topological polar surface area (TPSA) is 64.7 Å². The molecule has 1 aliphatic heterocycles. The van der Waals surface area contributed by atoms with Gasteiger partial charge >= 0.3 is 0 Å². The third kappa shape index (κ3) is 7.43. The van der Waals surface area contributed by atoms with E-state index in [1.807, 2.05) is 36.4 Å². The van der Waals surface area contributed by atoms with Crippen molar-refractivity contribution in [3.8, 4) is 0 Å². The van der Waals surface area contributed by atoms with Crippen LogP contribution in [0.2, 0.25) is 0 Å². The first-order valence-corrected chi connectivity index (χ1v) is 13.0. The maximum Gasteiger partial charge on any atom is 0.251 e. The van der Waals surface area contributed by atoms with Crippen LogP contribution in [0, 0.1) is 0 Å². The van der Waals surface area contributed by atoms with E-state index in [9.17, 15) is 9.59 Å². The lowest BCUT2D eigenvalue weighted by Gasteiger charge is -2.36. The molecule has 2 amide bonds. The molecule has 2 N–H and O–H groups in total. The van der Waals surface area contributed by atoms with Crippen LogP contribution in [0.3, 0.4) is 0 Å². The Kier molecular flexibility index (Phi) is 8.62. The zero-order valence-electron chi connectivity index (χ0n) is 22.2. The average molecular weight is 499 g/mol. The predicted molar refractivity (Wildman–Crippen MR) is 150 cm³/mol. The molecule has 1 heterocycles. The standard InChI is InChI=1S/C31H38N4O2/c1-31(2,3)27-15-13-24(14-16-27)30(37)33-22-29(36)32-21-25-9-7-8-10-26(25)23-34-17-19-35(20-18-34)28-11-5-4-6-12-28/h4-16H,17-23H2,1-3H3,(H,32,36)(H,33,37). The number of rotatable bonds is 8. The fourth-order valence-electron chi connectivity index (χ4n) is 4.57. The van der Waals surface area contributed by atoms with Gasteiger partial charge in [-0.2, -0.15) is 0 Å². The Morgan fingerprint density at radius 1 is 0.757 bits per heavy atom. The molecule has 0 unspecified atom stereocenters. The lowest BCUT2D eigenvalue weighted by molar-refractivity contribution is -0.120. The van der Waals surface area contributed by atoms with Gasteiger partial charge < -0.3 is 15.5 Å². The fraction of sp³-hybridized carbons (Fsp3) is 0.355. The number of para-hydroxylation sites is 1. The van der Waals surface area contributed by atoms with Crippen LogP contribution in [0.15, 0.2) is 78.9 Å². The monoisotopic (exact) mass is 498 g/mol. The SMILES string of the molecule is CC(C)(C)c1ccc(C(=O)NCC(=O)NCc2ccccc2CN2CCN(c3ccccc3)CC2)cc1. The molecule has 3 aromatic carbocycles. The van der Waals surface area contributed by atoms with E-state index in [1.165, 1.54) is 16.8 Å². The Morgan fingerprint density at radius 3 is 2.03 bits per heavy atom. The summed E-state index contributed by atoms with van der Waals surface area (Å²) in [5.41, 5.74) is 5.35. The molecule has 6 nitrogen and oxygen atoms in total. The number of piperazine rings is 1. The average Bonchev–Trinajstić information content (AvgIpc) is 2.92. The minimum atomic E-state index is -0.245. The molecule has 0 radical (unpaired) electrons. The normalized spacial score (nSPS) is 14.3. The van der Waals surface area contributed by atoms with E-state index < -0.39 is 0 Å². The smallest absolute Gasteiger partial charge is 0.251 e. The van der Waals surface area contributed by atoms with Gasteiger partial charge in [-0.25, -0.2) is 0 Å². The summed E-state index contributed by atoms with van der Waals surface area (Å²) >= 11 is 0. The molecule has 0 saturated carbocycles. The molecule has 0 atom stereocenters. The van der Waals surface area contributed by atoms with Crippen LogP contribution in [0.1, 0.15) is 47.8 Å². The van der Waals surface area contributed by atoms with Gasteiger partial charge in [0.05, 0.1) is 6.54 Å². The number of anilines is 1. The summed E-state index contributed by atoms with van der Waals surface area (Å²) < 4.78 is 0. The van der Waals surface area contributed by atoms with E-state index >= 15 is 0 Å². The van der Waals surface area contributed by atoms with E-state index in [1.54, 1.807) is 0 Å². The summed E-state index contributed by atoms with van der Waals surface area (Å²) in [4.78, 5) is 29.8. The largest absolute Gasteiger partial charge is 0.369 e. The van der Waals surface area contributed by atoms with Crippen molar-refractivity contribution < 1.29 is 9.59 Å². The first kappa shape index (κ1) is 26.4. The number of benzene rings is 3. The van der Waals surface area contributed by atoms with Crippen LogP contribution in [-0.2, 0) is 23.3 Å². The van der Waals surface area contributed by atoms with Gasteiger partial charge in [0, 0.05) is 50.5 Å². The lowest BCUT2D eigenvalue weighted by atomic mass is 9.87. The number of amides is 2. The van der Waals surface area contributed by atoms with Gasteiger partial charge in [0.25, 0.3) is 5.91 Å². The highest BCUT2D eigenvalue weighted by atomic mass is 16.2. The van der Waals surface area contributed by atoms with Gasteiger partial charge in [-0.3, -0.25) is 14.5 Å². The van der Waals surface area contributed by atoms with Crippen molar-refractivity contribution in [1.29, 1.82) is 0 Å².